The lowest BCUT2D eigenvalue weighted by molar-refractivity contribution is 0.565. The molecule has 8 heteroatoms. The number of nitrogens with two attached hydrogens (primary N) is 1. The van der Waals surface area contributed by atoms with Gasteiger partial charge in [-0.15, -0.1) is 0 Å². The minimum atomic E-state index is 0.270. The Morgan fingerprint density at radius 3 is 2.65 bits per heavy atom. The zero-order valence-electron chi connectivity index (χ0n) is 11.4. The minimum absolute atomic E-state index is 0.270. The molecular formula is C12H17N7S. The number of aromatic nitrogens is 5. The van der Waals surface area contributed by atoms with Crippen LogP contribution in [-0.2, 0) is 7.05 Å². The highest BCUT2D eigenvalue weighted by Gasteiger charge is 2.16. The minimum Gasteiger partial charge on any atom is -0.368 e. The molecule has 0 radical (unpaired) electrons. The average molecular weight is 291 g/mol. The third-order valence-corrected chi connectivity index (χ3v) is 3.96. The molecule has 20 heavy (non-hydrogen) atoms. The van der Waals surface area contributed by atoms with Crippen LogP contribution in [0.4, 0.5) is 11.9 Å². The van der Waals surface area contributed by atoms with Crippen molar-refractivity contribution < 1.29 is 0 Å². The van der Waals surface area contributed by atoms with E-state index in [0.717, 1.165) is 18.0 Å². The second kappa shape index (κ2) is 5.66. The van der Waals surface area contributed by atoms with Crippen molar-refractivity contribution in [2.75, 3.05) is 23.7 Å². The maximum atomic E-state index is 5.80. The molecule has 1 fully saturated rings. The summed E-state index contributed by atoms with van der Waals surface area (Å²) in [5.41, 5.74) is 5.80. The molecule has 3 rings (SSSR count). The number of anilines is 2. The summed E-state index contributed by atoms with van der Waals surface area (Å²) in [5, 5.41) is 4.75. The van der Waals surface area contributed by atoms with Gasteiger partial charge in [-0.25, -0.2) is 0 Å². The van der Waals surface area contributed by atoms with E-state index in [0.29, 0.717) is 11.1 Å². The molecule has 0 bridgehead atoms. The van der Waals surface area contributed by atoms with E-state index >= 15 is 0 Å². The zero-order chi connectivity index (χ0) is 13.9. The van der Waals surface area contributed by atoms with Crippen molar-refractivity contribution in [3.63, 3.8) is 0 Å². The third-order valence-electron chi connectivity index (χ3n) is 3.15. The van der Waals surface area contributed by atoms with Gasteiger partial charge in [-0.2, -0.15) is 20.1 Å². The van der Waals surface area contributed by atoms with Gasteiger partial charge in [-0.05, 0) is 31.0 Å². The lowest BCUT2D eigenvalue weighted by atomic mass is 10.1. The molecule has 3 heterocycles. The SMILES string of the molecule is Cn1cc(Sc2nc(N)nc(N3CCCCC3)n2)cn1. The summed E-state index contributed by atoms with van der Waals surface area (Å²) in [5.74, 6) is 0.954. The Kier molecular flexibility index (Phi) is 3.72. The quantitative estimate of drug-likeness (QED) is 0.913. The lowest BCUT2D eigenvalue weighted by Crippen LogP contribution is -2.31. The molecule has 0 spiro atoms. The molecule has 0 atom stereocenters. The van der Waals surface area contributed by atoms with Gasteiger partial charge in [0.25, 0.3) is 0 Å². The molecule has 0 aromatic carbocycles. The number of nitrogens with zero attached hydrogens (tertiary/aromatic N) is 6. The van der Waals surface area contributed by atoms with Crippen LogP contribution >= 0.6 is 11.8 Å². The fraction of sp³-hybridized carbons (Fsp3) is 0.500. The van der Waals surface area contributed by atoms with Crippen molar-refractivity contribution in [3.05, 3.63) is 12.4 Å². The largest absolute Gasteiger partial charge is 0.368 e. The van der Waals surface area contributed by atoms with Crippen molar-refractivity contribution in [3.8, 4) is 0 Å². The average Bonchev–Trinajstić information content (AvgIpc) is 2.84. The summed E-state index contributed by atoms with van der Waals surface area (Å²) in [4.78, 5) is 16.1. The van der Waals surface area contributed by atoms with Gasteiger partial charge in [-0.3, -0.25) is 4.68 Å². The van der Waals surface area contributed by atoms with Gasteiger partial charge in [0.05, 0.1) is 11.1 Å². The zero-order valence-corrected chi connectivity index (χ0v) is 12.2. The first-order valence-corrected chi connectivity index (χ1v) is 7.45. The van der Waals surface area contributed by atoms with Gasteiger partial charge in [0.1, 0.15) is 0 Å². The second-order valence-electron chi connectivity index (χ2n) is 4.78. The molecular weight excluding hydrogens is 274 g/mol. The van der Waals surface area contributed by atoms with E-state index in [1.54, 1.807) is 10.9 Å². The molecule has 106 valence electrons. The van der Waals surface area contributed by atoms with E-state index in [2.05, 4.69) is 25.0 Å². The molecule has 2 N–H and O–H groups in total. The summed E-state index contributed by atoms with van der Waals surface area (Å²) in [7, 11) is 1.88. The van der Waals surface area contributed by atoms with Gasteiger partial charge in [0, 0.05) is 26.3 Å². The lowest BCUT2D eigenvalue weighted by Gasteiger charge is -2.26. The first-order chi connectivity index (χ1) is 9.70. The first kappa shape index (κ1) is 13.2. The van der Waals surface area contributed by atoms with Crippen molar-refractivity contribution in [1.82, 2.24) is 24.7 Å². The maximum absolute atomic E-state index is 5.80. The molecule has 0 unspecified atom stereocenters. The fourth-order valence-corrected chi connectivity index (χ4v) is 2.98. The Morgan fingerprint density at radius 2 is 1.95 bits per heavy atom. The molecule has 0 amide bonds. The molecule has 1 aliphatic heterocycles. The Balaban J connectivity index is 1.82. The molecule has 1 aliphatic rings. The molecule has 7 nitrogen and oxygen atoms in total. The summed E-state index contributed by atoms with van der Waals surface area (Å²) in [6.45, 7) is 1.97. The predicted molar refractivity (Wildman–Crippen MR) is 77.6 cm³/mol. The molecule has 2 aromatic rings. The second-order valence-corrected chi connectivity index (χ2v) is 5.82. The predicted octanol–water partition coefficient (Wildman–Crippen LogP) is 1.33. The molecule has 2 aromatic heterocycles. The van der Waals surface area contributed by atoms with Gasteiger partial charge >= 0.3 is 0 Å². The van der Waals surface area contributed by atoms with Crippen LogP contribution in [0.2, 0.25) is 0 Å². The van der Waals surface area contributed by atoms with Crippen LogP contribution in [0.3, 0.4) is 0 Å². The van der Waals surface area contributed by atoms with E-state index < -0.39 is 0 Å². The van der Waals surface area contributed by atoms with E-state index in [9.17, 15) is 0 Å². The van der Waals surface area contributed by atoms with Crippen LogP contribution in [0.5, 0.6) is 0 Å². The number of rotatable bonds is 3. The van der Waals surface area contributed by atoms with Crippen molar-refractivity contribution in [1.29, 1.82) is 0 Å². The van der Waals surface area contributed by atoms with Crippen molar-refractivity contribution >= 4 is 23.7 Å². The summed E-state index contributed by atoms with van der Waals surface area (Å²) in [6, 6.07) is 0. The normalized spacial score (nSPS) is 15.6. The highest BCUT2D eigenvalue weighted by Crippen LogP contribution is 2.26. The number of nitrogen functional groups attached to an aromatic ring is 1. The number of hydrogen-bond donors (Lipinski definition) is 1. The van der Waals surface area contributed by atoms with E-state index in [4.69, 9.17) is 5.73 Å². The number of hydrogen-bond acceptors (Lipinski definition) is 7. The molecule has 1 saturated heterocycles. The van der Waals surface area contributed by atoms with E-state index in [1.165, 1.54) is 31.0 Å². The van der Waals surface area contributed by atoms with Crippen LogP contribution in [0.1, 0.15) is 19.3 Å². The summed E-state index contributed by atoms with van der Waals surface area (Å²) in [6.07, 6.45) is 7.33. The first-order valence-electron chi connectivity index (χ1n) is 6.64. The third kappa shape index (κ3) is 3.01. The summed E-state index contributed by atoms with van der Waals surface area (Å²) >= 11 is 1.45. The van der Waals surface area contributed by atoms with Crippen molar-refractivity contribution in [2.45, 2.75) is 29.3 Å². The van der Waals surface area contributed by atoms with Crippen molar-refractivity contribution in [2.24, 2.45) is 7.05 Å². The fourth-order valence-electron chi connectivity index (χ4n) is 2.20. The van der Waals surface area contributed by atoms with E-state index in [1.807, 2.05) is 13.2 Å². The molecule has 0 aliphatic carbocycles. The topological polar surface area (TPSA) is 85.8 Å². The van der Waals surface area contributed by atoms with Gasteiger partial charge < -0.3 is 10.6 Å². The van der Waals surface area contributed by atoms with Crippen LogP contribution in [-0.4, -0.2) is 37.8 Å². The highest BCUT2D eigenvalue weighted by molar-refractivity contribution is 7.99. The standard InChI is InChI=1S/C12H17N7S/c1-18-8-9(7-14-18)20-12-16-10(13)15-11(17-12)19-5-3-2-4-6-19/h7-8H,2-6H2,1H3,(H2,13,15,16,17). The number of piperidine rings is 1. The Bertz CT molecular complexity index is 591. The van der Waals surface area contributed by atoms with Crippen LogP contribution < -0.4 is 10.6 Å². The van der Waals surface area contributed by atoms with Gasteiger partial charge in [-0.1, -0.05) is 0 Å². The summed E-state index contributed by atoms with van der Waals surface area (Å²) < 4.78 is 1.75. The Labute approximate surface area is 121 Å². The Hall–Kier alpha value is -1.83. The van der Waals surface area contributed by atoms with Crippen LogP contribution in [0.25, 0.3) is 0 Å². The number of aryl methyl sites for hydroxylation is 1. The van der Waals surface area contributed by atoms with Gasteiger partial charge in [0.2, 0.25) is 11.9 Å². The monoisotopic (exact) mass is 291 g/mol. The molecule has 0 saturated carbocycles. The van der Waals surface area contributed by atoms with Gasteiger partial charge in [0.15, 0.2) is 5.16 Å². The smallest absolute Gasteiger partial charge is 0.231 e. The Morgan fingerprint density at radius 1 is 1.15 bits per heavy atom. The highest BCUT2D eigenvalue weighted by atomic mass is 32.2. The maximum Gasteiger partial charge on any atom is 0.231 e. The van der Waals surface area contributed by atoms with E-state index in [-0.39, 0.29) is 5.95 Å². The van der Waals surface area contributed by atoms with Crippen LogP contribution in [0, 0.1) is 0 Å². The van der Waals surface area contributed by atoms with Crippen LogP contribution in [0.15, 0.2) is 22.4 Å².